The van der Waals surface area contributed by atoms with Gasteiger partial charge < -0.3 is 15.0 Å². The lowest BCUT2D eigenvalue weighted by molar-refractivity contribution is -0.122. The van der Waals surface area contributed by atoms with Gasteiger partial charge in [-0.05, 0) is 74.7 Å². The Morgan fingerprint density at radius 1 is 1.03 bits per heavy atom. The normalized spacial score (nSPS) is 15.4. The van der Waals surface area contributed by atoms with E-state index in [1.165, 1.54) is 36.3 Å². The standard InChI is InChI=1S/C22H29N3O4S/c1-17(29-21-13-11-19(12-14-21)24(2)30(3,27)28)22(26)23-18-7-9-20(10-8-18)25-15-5-4-6-16-25/h7-14,17H,4-6,15-16H2,1-3H3,(H,23,26). The Morgan fingerprint density at radius 3 is 2.20 bits per heavy atom. The predicted octanol–water partition coefficient (Wildman–Crippen LogP) is 3.48. The Kier molecular flexibility index (Phi) is 6.87. The van der Waals surface area contributed by atoms with Crippen LogP contribution in [0.4, 0.5) is 17.1 Å². The highest BCUT2D eigenvalue weighted by Gasteiger charge is 2.17. The molecular weight excluding hydrogens is 402 g/mol. The molecule has 2 aromatic carbocycles. The molecule has 1 aliphatic rings. The summed E-state index contributed by atoms with van der Waals surface area (Å²) in [5, 5.41) is 2.87. The van der Waals surface area contributed by atoms with Gasteiger partial charge in [0.25, 0.3) is 5.91 Å². The molecular formula is C22H29N3O4S. The highest BCUT2D eigenvalue weighted by molar-refractivity contribution is 7.92. The summed E-state index contributed by atoms with van der Waals surface area (Å²) < 4.78 is 30.1. The molecule has 0 spiro atoms. The zero-order chi connectivity index (χ0) is 21.7. The summed E-state index contributed by atoms with van der Waals surface area (Å²) in [6.07, 6.45) is 4.17. The quantitative estimate of drug-likeness (QED) is 0.726. The van der Waals surface area contributed by atoms with Gasteiger partial charge in [-0.3, -0.25) is 9.10 Å². The van der Waals surface area contributed by atoms with E-state index in [2.05, 4.69) is 10.2 Å². The number of carbonyl (C=O) groups is 1. The number of anilines is 3. The molecule has 8 heteroatoms. The van der Waals surface area contributed by atoms with Crippen molar-refractivity contribution in [2.45, 2.75) is 32.3 Å². The van der Waals surface area contributed by atoms with Gasteiger partial charge in [-0.2, -0.15) is 0 Å². The number of benzene rings is 2. The molecule has 2 aromatic rings. The van der Waals surface area contributed by atoms with Gasteiger partial charge >= 0.3 is 0 Å². The molecule has 30 heavy (non-hydrogen) atoms. The lowest BCUT2D eigenvalue weighted by atomic mass is 10.1. The molecule has 1 heterocycles. The Labute approximate surface area is 178 Å². The van der Waals surface area contributed by atoms with Crippen LogP contribution in [0, 0.1) is 0 Å². The Morgan fingerprint density at radius 2 is 1.63 bits per heavy atom. The summed E-state index contributed by atoms with van der Waals surface area (Å²) in [5.41, 5.74) is 2.42. The average Bonchev–Trinajstić information content (AvgIpc) is 2.74. The molecule has 1 unspecified atom stereocenters. The van der Waals surface area contributed by atoms with Crippen LogP contribution in [0.2, 0.25) is 0 Å². The molecule has 0 bridgehead atoms. The third-order valence-corrected chi connectivity index (χ3v) is 6.44. The molecule has 0 aliphatic carbocycles. The van der Waals surface area contributed by atoms with Gasteiger partial charge in [-0.25, -0.2) is 8.42 Å². The summed E-state index contributed by atoms with van der Waals surface area (Å²) in [7, 11) is -1.84. The number of ether oxygens (including phenoxy) is 1. The van der Waals surface area contributed by atoms with Crippen molar-refractivity contribution in [3.63, 3.8) is 0 Å². The third kappa shape index (κ3) is 5.66. The average molecular weight is 432 g/mol. The van der Waals surface area contributed by atoms with E-state index in [1.807, 2.05) is 24.3 Å². The molecule has 3 rings (SSSR count). The van der Waals surface area contributed by atoms with Crippen LogP contribution in [0.15, 0.2) is 48.5 Å². The number of nitrogens with zero attached hydrogens (tertiary/aromatic N) is 2. The molecule has 7 nitrogen and oxygen atoms in total. The molecule has 0 saturated carbocycles. The second-order valence-electron chi connectivity index (χ2n) is 7.57. The largest absolute Gasteiger partial charge is 0.481 e. The first-order chi connectivity index (χ1) is 14.2. The SMILES string of the molecule is CC(Oc1ccc(N(C)S(C)(=O)=O)cc1)C(=O)Nc1ccc(N2CCCCC2)cc1. The number of sulfonamides is 1. The van der Waals surface area contributed by atoms with E-state index in [-0.39, 0.29) is 5.91 Å². The summed E-state index contributed by atoms with van der Waals surface area (Å²) >= 11 is 0. The molecule has 0 aromatic heterocycles. The smallest absolute Gasteiger partial charge is 0.265 e. The second kappa shape index (κ2) is 9.38. The Balaban J connectivity index is 1.55. The van der Waals surface area contributed by atoms with Crippen molar-refractivity contribution in [3.8, 4) is 5.75 Å². The summed E-state index contributed by atoms with van der Waals surface area (Å²) in [6, 6.07) is 14.4. The van der Waals surface area contributed by atoms with Crippen LogP contribution >= 0.6 is 0 Å². The molecule has 1 aliphatic heterocycles. The zero-order valence-corrected chi connectivity index (χ0v) is 18.5. The monoisotopic (exact) mass is 431 g/mol. The fourth-order valence-electron chi connectivity index (χ4n) is 3.34. The zero-order valence-electron chi connectivity index (χ0n) is 17.7. The van der Waals surface area contributed by atoms with Gasteiger partial charge in [0.15, 0.2) is 6.10 Å². The first-order valence-electron chi connectivity index (χ1n) is 10.1. The van der Waals surface area contributed by atoms with Crippen molar-refractivity contribution in [1.29, 1.82) is 0 Å². The molecule has 1 N–H and O–H groups in total. The summed E-state index contributed by atoms with van der Waals surface area (Å²) in [4.78, 5) is 14.8. The lowest BCUT2D eigenvalue weighted by Gasteiger charge is -2.28. The first-order valence-corrected chi connectivity index (χ1v) is 12.0. The van der Waals surface area contributed by atoms with Gasteiger partial charge in [-0.15, -0.1) is 0 Å². The van der Waals surface area contributed by atoms with Gasteiger partial charge in [0.2, 0.25) is 10.0 Å². The molecule has 1 saturated heterocycles. The minimum Gasteiger partial charge on any atom is -0.481 e. The summed E-state index contributed by atoms with van der Waals surface area (Å²) in [6.45, 7) is 3.83. The maximum absolute atomic E-state index is 12.5. The van der Waals surface area contributed by atoms with Crippen LogP contribution in [0.1, 0.15) is 26.2 Å². The number of hydrogen-bond acceptors (Lipinski definition) is 5. The summed E-state index contributed by atoms with van der Waals surface area (Å²) in [5.74, 6) is 0.238. The van der Waals surface area contributed by atoms with Crippen LogP contribution in [-0.4, -0.2) is 46.8 Å². The van der Waals surface area contributed by atoms with Crippen LogP contribution in [0.25, 0.3) is 0 Å². The van der Waals surface area contributed by atoms with Crippen molar-refractivity contribution in [2.75, 3.05) is 40.9 Å². The van der Waals surface area contributed by atoms with Crippen molar-refractivity contribution in [3.05, 3.63) is 48.5 Å². The second-order valence-corrected chi connectivity index (χ2v) is 9.58. The Hall–Kier alpha value is -2.74. The maximum Gasteiger partial charge on any atom is 0.265 e. The number of piperidine rings is 1. The molecule has 1 fully saturated rings. The number of amides is 1. The van der Waals surface area contributed by atoms with E-state index in [0.29, 0.717) is 11.4 Å². The minimum absolute atomic E-state index is 0.252. The van der Waals surface area contributed by atoms with E-state index < -0.39 is 16.1 Å². The molecule has 1 amide bonds. The number of hydrogen-bond donors (Lipinski definition) is 1. The van der Waals surface area contributed by atoms with Crippen molar-refractivity contribution < 1.29 is 17.9 Å². The van der Waals surface area contributed by atoms with Gasteiger partial charge in [0, 0.05) is 31.5 Å². The van der Waals surface area contributed by atoms with Gasteiger partial charge in [-0.1, -0.05) is 0 Å². The van der Waals surface area contributed by atoms with E-state index in [1.54, 1.807) is 31.2 Å². The van der Waals surface area contributed by atoms with Crippen molar-refractivity contribution in [2.24, 2.45) is 0 Å². The highest BCUT2D eigenvalue weighted by atomic mass is 32.2. The fraction of sp³-hybridized carbons (Fsp3) is 0.409. The van der Waals surface area contributed by atoms with Crippen LogP contribution in [0.5, 0.6) is 5.75 Å². The van der Waals surface area contributed by atoms with Crippen LogP contribution in [0.3, 0.4) is 0 Å². The highest BCUT2D eigenvalue weighted by Crippen LogP contribution is 2.23. The number of rotatable bonds is 7. The Bertz CT molecular complexity index is 953. The molecule has 1 atom stereocenters. The van der Waals surface area contributed by atoms with Gasteiger partial charge in [0.1, 0.15) is 5.75 Å². The molecule has 0 radical (unpaired) electrons. The van der Waals surface area contributed by atoms with E-state index >= 15 is 0 Å². The maximum atomic E-state index is 12.5. The first kappa shape index (κ1) is 22.0. The minimum atomic E-state index is -3.32. The lowest BCUT2D eigenvalue weighted by Crippen LogP contribution is -2.30. The van der Waals surface area contributed by atoms with Gasteiger partial charge in [0.05, 0.1) is 11.9 Å². The number of carbonyl (C=O) groups excluding carboxylic acids is 1. The van der Waals surface area contributed by atoms with E-state index in [4.69, 9.17) is 4.74 Å². The topological polar surface area (TPSA) is 78.9 Å². The van der Waals surface area contributed by atoms with E-state index in [0.717, 1.165) is 25.0 Å². The van der Waals surface area contributed by atoms with Crippen molar-refractivity contribution in [1.82, 2.24) is 0 Å². The third-order valence-electron chi connectivity index (χ3n) is 5.24. The fourth-order valence-corrected chi connectivity index (χ4v) is 3.84. The predicted molar refractivity (Wildman–Crippen MR) is 121 cm³/mol. The van der Waals surface area contributed by atoms with Crippen molar-refractivity contribution >= 4 is 33.0 Å². The molecule has 162 valence electrons. The number of nitrogens with one attached hydrogen (secondary N) is 1. The van der Waals surface area contributed by atoms with Crippen LogP contribution in [-0.2, 0) is 14.8 Å². The van der Waals surface area contributed by atoms with Crippen LogP contribution < -0.4 is 19.3 Å². The van der Waals surface area contributed by atoms with E-state index in [9.17, 15) is 13.2 Å².